The van der Waals surface area contributed by atoms with Crippen LogP contribution in [0.3, 0.4) is 0 Å². The van der Waals surface area contributed by atoms with Crippen molar-refractivity contribution in [3.8, 4) is 0 Å². The summed E-state index contributed by atoms with van der Waals surface area (Å²) in [7, 11) is 0. The molecule has 0 radical (unpaired) electrons. The van der Waals surface area contributed by atoms with E-state index in [9.17, 15) is 0 Å². The molecule has 0 spiro atoms. The minimum atomic E-state index is 0.541. The molecule has 2 aliphatic carbocycles. The summed E-state index contributed by atoms with van der Waals surface area (Å²) < 4.78 is 0. The Morgan fingerprint density at radius 2 is 1.74 bits per heavy atom. The van der Waals surface area contributed by atoms with Crippen molar-refractivity contribution in [2.24, 2.45) is 4.99 Å². The van der Waals surface area contributed by atoms with Gasteiger partial charge in [0.2, 0.25) is 0 Å². The van der Waals surface area contributed by atoms with Crippen molar-refractivity contribution >= 4 is 23.0 Å². The quantitative estimate of drug-likeness (QED) is 0.567. The van der Waals surface area contributed by atoms with E-state index < -0.39 is 0 Å². The van der Waals surface area contributed by atoms with E-state index in [2.05, 4.69) is 76.2 Å². The number of aliphatic imine (C=N–C) groups is 1. The van der Waals surface area contributed by atoms with Crippen LogP contribution in [0.25, 0.3) is 11.6 Å². The van der Waals surface area contributed by atoms with Gasteiger partial charge in [0.1, 0.15) is 0 Å². The number of nitrogens with zero attached hydrogens (tertiary/aromatic N) is 1. The zero-order valence-corrected chi connectivity index (χ0v) is 16.6. The number of hydrogen-bond acceptors (Lipinski definition) is 1. The molecule has 0 fully saturated rings. The van der Waals surface area contributed by atoms with Gasteiger partial charge in [-0.3, -0.25) is 0 Å². The van der Waals surface area contributed by atoms with Gasteiger partial charge < -0.3 is 0 Å². The van der Waals surface area contributed by atoms with Gasteiger partial charge in [0, 0.05) is 17.1 Å². The molecule has 1 aliphatic heterocycles. The zero-order chi connectivity index (χ0) is 18.7. The van der Waals surface area contributed by atoms with Crippen LogP contribution >= 0.6 is 0 Å². The molecule has 2 aromatic rings. The van der Waals surface area contributed by atoms with E-state index >= 15 is 0 Å². The molecule has 0 bridgehead atoms. The standard InChI is InChI=1S/C26H25N/c1-15-13-24-23(25-17(3)16(2)18(4)26(25)27-24)14-21(15)12-11-20-10-9-19-7-5-6-8-22(19)20/h5-10,13-14,20H,11-12H2,1-4H3. The van der Waals surface area contributed by atoms with Gasteiger partial charge in [-0.25, -0.2) is 4.99 Å². The summed E-state index contributed by atoms with van der Waals surface area (Å²) in [5.74, 6) is 0.541. The van der Waals surface area contributed by atoms with Gasteiger partial charge in [-0.05, 0) is 91.6 Å². The van der Waals surface area contributed by atoms with Crippen LogP contribution < -0.4 is 0 Å². The molecule has 1 heterocycles. The lowest BCUT2D eigenvalue weighted by Gasteiger charge is -2.14. The first-order valence-corrected chi connectivity index (χ1v) is 9.94. The Kier molecular flexibility index (Phi) is 3.62. The van der Waals surface area contributed by atoms with Crippen molar-refractivity contribution in [1.82, 2.24) is 0 Å². The first-order valence-electron chi connectivity index (χ1n) is 9.94. The summed E-state index contributed by atoms with van der Waals surface area (Å²) in [5, 5.41) is 0. The highest BCUT2D eigenvalue weighted by atomic mass is 14.8. The monoisotopic (exact) mass is 351 g/mol. The summed E-state index contributed by atoms with van der Waals surface area (Å²) >= 11 is 0. The fraction of sp³-hybridized carbons (Fsp3) is 0.269. The summed E-state index contributed by atoms with van der Waals surface area (Å²) in [6, 6.07) is 13.5. The largest absolute Gasteiger partial charge is 0.247 e. The van der Waals surface area contributed by atoms with Crippen molar-refractivity contribution in [2.45, 2.75) is 46.5 Å². The van der Waals surface area contributed by atoms with E-state index in [1.165, 1.54) is 55.8 Å². The van der Waals surface area contributed by atoms with Gasteiger partial charge >= 0.3 is 0 Å². The smallest absolute Gasteiger partial charge is 0.0750 e. The van der Waals surface area contributed by atoms with Crippen LogP contribution in [0.5, 0.6) is 0 Å². The molecule has 1 nitrogen and oxygen atoms in total. The van der Waals surface area contributed by atoms with Crippen LogP contribution in [0.4, 0.5) is 5.69 Å². The fourth-order valence-corrected chi connectivity index (χ4v) is 4.79. The highest BCUT2D eigenvalue weighted by Crippen LogP contribution is 2.46. The molecule has 0 amide bonds. The molecule has 0 saturated carbocycles. The van der Waals surface area contributed by atoms with E-state index in [-0.39, 0.29) is 0 Å². The van der Waals surface area contributed by atoms with Crippen molar-refractivity contribution < 1.29 is 0 Å². The number of aryl methyl sites for hydroxylation is 2. The third kappa shape index (κ3) is 2.41. The molecule has 1 unspecified atom stereocenters. The van der Waals surface area contributed by atoms with Crippen LogP contribution in [0.15, 0.2) is 64.2 Å². The van der Waals surface area contributed by atoms with Gasteiger partial charge in [0.15, 0.2) is 0 Å². The summed E-state index contributed by atoms with van der Waals surface area (Å²) in [5.41, 5.74) is 14.9. The third-order valence-corrected chi connectivity index (χ3v) is 6.68. The van der Waals surface area contributed by atoms with Crippen molar-refractivity contribution in [3.63, 3.8) is 0 Å². The van der Waals surface area contributed by atoms with Crippen LogP contribution in [0, 0.1) is 6.92 Å². The SMILES string of the molecule is CC1=C(C)C(C)=C2C1=Nc1cc(C)c(CCC3C=Cc4ccccc43)cc12. The Morgan fingerprint density at radius 3 is 2.59 bits per heavy atom. The van der Waals surface area contributed by atoms with E-state index in [1.54, 1.807) is 0 Å². The zero-order valence-electron chi connectivity index (χ0n) is 16.6. The molecule has 0 aromatic heterocycles. The van der Waals surface area contributed by atoms with Gasteiger partial charge in [-0.15, -0.1) is 0 Å². The Bertz CT molecular complexity index is 1110. The third-order valence-electron chi connectivity index (χ3n) is 6.68. The molecule has 0 saturated heterocycles. The summed E-state index contributed by atoms with van der Waals surface area (Å²) in [6.45, 7) is 8.90. The average Bonchev–Trinajstić information content (AvgIpc) is 3.30. The first-order chi connectivity index (χ1) is 13.0. The highest BCUT2D eigenvalue weighted by Gasteiger charge is 2.31. The molecule has 1 atom stereocenters. The van der Waals surface area contributed by atoms with Crippen LogP contribution in [-0.4, -0.2) is 5.71 Å². The molecule has 27 heavy (non-hydrogen) atoms. The Hall–Kier alpha value is -2.67. The molecule has 0 N–H and O–H groups in total. The van der Waals surface area contributed by atoms with Crippen LogP contribution in [-0.2, 0) is 6.42 Å². The normalized spacial score (nSPS) is 19.6. The minimum absolute atomic E-state index is 0.541. The number of benzene rings is 2. The van der Waals surface area contributed by atoms with Gasteiger partial charge in [-0.1, -0.05) is 36.4 Å². The predicted octanol–water partition coefficient (Wildman–Crippen LogP) is 6.95. The Balaban J connectivity index is 1.44. The van der Waals surface area contributed by atoms with Crippen molar-refractivity contribution in [3.05, 3.63) is 87.0 Å². The first kappa shape index (κ1) is 16.5. The van der Waals surface area contributed by atoms with E-state index in [1.807, 2.05) is 0 Å². The number of rotatable bonds is 3. The van der Waals surface area contributed by atoms with Crippen molar-refractivity contribution in [2.75, 3.05) is 0 Å². The lowest BCUT2D eigenvalue weighted by Crippen LogP contribution is -1.99. The molecule has 134 valence electrons. The number of fused-ring (bicyclic) bond motifs is 4. The molecule has 5 rings (SSSR count). The fourth-order valence-electron chi connectivity index (χ4n) is 4.79. The second-order valence-corrected chi connectivity index (χ2v) is 8.14. The second kappa shape index (κ2) is 5.92. The van der Waals surface area contributed by atoms with E-state index in [4.69, 9.17) is 4.99 Å². The maximum absolute atomic E-state index is 4.95. The maximum atomic E-state index is 4.95. The highest BCUT2D eigenvalue weighted by molar-refractivity contribution is 6.39. The van der Waals surface area contributed by atoms with E-state index in [0.29, 0.717) is 5.92 Å². The molecule has 2 aromatic carbocycles. The van der Waals surface area contributed by atoms with Crippen LogP contribution in [0.1, 0.15) is 60.9 Å². The second-order valence-electron chi connectivity index (χ2n) is 8.14. The molecular weight excluding hydrogens is 326 g/mol. The van der Waals surface area contributed by atoms with Gasteiger partial charge in [-0.2, -0.15) is 0 Å². The topological polar surface area (TPSA) is 12.4 Å². The number of allylic oxidation sites excluding steroid dienone is 5. The summed E-state index contributed by atoms with van der Waals surface area (Å²) in [4.78, 5) is 4.95. The molecule has 3 aliphatic rings. The Labute approximate surface area is 161 Å². The van der Waals surface area contributed by atoms with Crippen molar-refractivity contribution in [1.29, 1.82) is 0 Å². The average molecular weight is 351 g/mol. The van der Waals surface area contributed by atoms with Gasteiger partial charge in [0.05, 0.1) is 11.4 Å². The molecular formula is C26H25N. The minimum Gasteiger partial charge on any atom is -0.247 e. The Morgan fingerprint density at radius 1 is 0.926 bits per heavy atom. The summed E-state index contributed by atoms with van der Waals surface area (Å²) in [6.07, 6.45) is 6.92. The number of hydrogen-bond donors (Lipinski definition) is 0. The lowest BCUT2D eigenvalue weighted by atomic mass is 9.90. The predicted molar refractivity (Wildman–Crippen MR) is 116 cm³/mol. The molecule has 1 heteroatoms. The van der Waals surface area contributed by atoms with Crippen LogP contribution in [0.2, 0.25) is 0 Å². The maximum Gasteiger partial charge on any atom is 0.0750 e. The van der Waals surface area contributed by atoms with Gasteiger partial charge in [0.25, 0.3) is 0 Å². The lowest BCUT2D eigenvalue weighted by molar-refractivity contribution is 0.742. The van der Waals surface area contributed by atoms with E-state index in [0.717, 1.165) is 18.5 Å².